The first-order valence-corrected chi connectivity index (χ1v) is 37.7. The Morgan fingerprint density at radius 1 is 0.379 bits per heavy atom. The van der Waals surface area contributed by atoms with Crippen molar-refractivity contribution < 1.29 is 80.2 Å². The molecule has 0 aliphatic rings. The molecule has 0 bridgehead atoms. The van der Waals surface area contributed by atoms with Crippen molar-refractivity contribution in [2.24, 2.45) is 17.8 Å². The van der Waals surface area contributed by atoms with Crippen molar-refractivity contribution in [3.05, 3.63) is 24.3 Å². The van der Waals surface area contributed by atoms with Crippen LogP contribution in [0.5, 0.6) is 0 Å². The van der Waals surface area contributed by atoms with Crippen molar-refractivity contribution in [2.45, 2.75) is 330 Å². The summed E-state index contributed by atoms with van der Waals surface area (Å²) >= 11 is 0. The molecule has 3 N–H and O–H groups in total. The van der Waals surface area contributed by atoms with Gasteiger partial charge in [0.05, 0.1) is 26.4 Å². The van der Waals surface area contributed by atoms with Crippen molar-refractivity contribution in [1.29, 1.82) is 0 Å². The molecule has 0 aromatic heterocycles. The molecule has 4 unspecified atom stereocenters. The van der Waals surface area contributed by atoms with Crippen molar-refractivity contribution >= 4 is 39.5 Å². The van der Waals surface area contributed by atoms with Crippen molar-refractivity contribution in [1.82, 2.24) is 0 Å². The fraction of sp³-hybridized carbons (Fsp3) is 0.882. The Bertz CT molecular complexity index is 1810. The highest BCUT2D eigenvalue weighted by molar-refractivity contribution is 7.47. The van der Waals surface area contributed by atoms with Crippen molar-refractivity contribution in [2.75, 3.05) is 39.6 Å². The van der Waals surface area contributed by atoms with Gasteiger partial charge in [-0.05, 0) is 69.1 Å². The first-order valence-electron chi connectivity index (χ1n) is 34.7. The zero-order chi connectivity index (χ0) is 64.5. The highest BCUT2D eigenvalue weighted by Crippen LogP contribution is 2.45. The zero-order valence-corrected chi connectivity index (χ0v) is 57.7. The third-order valence-corrected chi connectivity index (χ3v) is 17.6. The molecule has 0 heterocycles. The molecule has 19 heteroatoms. The van der Waals surface area contributed by atoms with Gasteiger partial charge in [-0.15, -0.1) is 0 Å². The van der Waals surface area contributed by atoms with Gasteiger partial charge in [0, 0.05) is 25.7 Å². The molecule has 0 aliphatic heterocycles. The molecule has 0 spiro atoms. The summed E-state index contributed by atoms with van der Waals surface area (Å²) < 4.78 is 68.1. The number of unbranched alkanes of at least 4 members (excludes halogenated alkanes) is 27. The fourth-order valence-corrected chi connectivity index (χ4v) is 11.2. The van der Waals surface area contributed by atoms with Gasteiger partial charge in [0.25, 0.3) is 0 Å². The van der Waals surface area contributed by atoms with Gasteiger partial charge in [-0.2, -0.15) is 0 Å². The highest BCUT2D eigenvalue weighted by atomic mass is 31.2. The first-order chi connectivity index (χ1) is 41.8. The molecule has 0 saturated carbocycles. The molecule has 512 valence electrons. The third kappa shape index (κ3) is 59.6. The quantitative estimate of drug-likeness (QED) is 0.0169. The van der Waals surface area contributed by atoms with E-state index < -0.39 is 97.5 Å². The summed E-state index contributed by atoms with van der Waals surface area (Å²) in [5, 5.41) is 10.6. The Balaban J connectivity index is 5.30. The lowest BCUT2D eigenvalue weighted by Crippen LogP contribution is -2.30. The summed E-state index contributed by atoms with van der Waals surface area (Å²) in [6.07, 6.45) is 44.0. The van der Waals surface area contributed by atoms with Gasteiger partial charge >= 0.3 is 39.5 Å². The van der Waals surface area contributed by atoms with Gasteiger partial charge in [0.15, 0.2) is 12.2 Å². The van der Waals surface area contributed by atoms with Crippen LogP contribution in [0, 0.1) is 17.8 Å². The van der Waals surface area contributed by atoms with Crippen LogP contribution < -0.4 is 0 Å². The summed E-state index contributed by atoms with van der Waals surface area (Å²) in [4.78, 5) is 72.4. The van der Waals surface area contributed by atoms with Crippen LogP contribution in [0.3, 0.4) is 0 Å². The number of allylic oxidation sites excluding steroid dienone is 4. The molecule has 0 fully saturated rings. The minimum absolute atomic E-state index is 0.0838. The van der Waals surface area contributed by atoms with E-state index >= 15 is 0 Å². The summed E-state index contributed by atoms with van der Waals surface area (Å²) in [6, 6.07) is 0. The lowest BCUT2D eigenvalue weighted by atomic mass is 9.99. The topological polar surface area (TPSA) is 237 Å². The number of aliphatic hydroxyl groups excluding tert-OH is 1. The van der Waals surface area contributed by atoms with Crippen LogP contribution >= 0.6 is 15.6 Å². The third-order valence-electron chi connectivity index (χ3n) is 15.7. The van der Waals surface area contributed by atoms with Gasteiger partial charge in [-0.25, -0.2) is 9.13 Å². The van der Waals surface area contributed by atoms with Crippen LogP contribution in [0.25, 0.3) is 0 Å². The predicted octanol–water partition coefficient (Wildman–Crippen LogP) is 18.6. The van der Waals surface area contributed by atoms with E-state index in [0.29, 0.717) is 31.6 Å². The maximum Gasteiger partial charge on any atom is 0.472 e. The lowest BCUT2D eigenvalue weighted by Gasteiger charge is -2.21. The minimum atomic E-state index is -4.96. The second-order valence-electron chi connectivity index (χ2n) is 24.8. The van der Waals surface area contributed by atoms with Gasteiger partial charge in [-0.1, -0.05) is 259 Å². The van der Waals surface area contributed by atoms with E-state index in [-0.39, 0.29) is 25.7 Å². The number of esters is 4. The predicted molar refractivity (Wildman–Crippen MR) is 349 cm³/mol. The number of carbonyl (C=O) groups excluding carboxylic acids is 4. The van der Waals surface area contributed by atoms with Crippen LogP contribution in [0.15, 0.2) is 24.3 Å². The Morgan fingerprint density at radius 3 is 1.02 bits per heavy atom. The Hall–Kier alpha value is -2.46. The number of carbonyl (C=O) groups is 4. The monoisotopic (exact) mass is 1280 g/mol. The SMILES string of the molecule is CCCCCC/C=C\C=C/CCCCCCCC(=O)O[C@H](COC(=O)CCCCCCCCCCC(C)CC)COP(=O)(O)OC[C@@H](O)COP(=O)(O)OC[C@@H](COC(=O)CCCCCCCCC(C)CC)OC(=O)CCCCCCCCCC(C)C. The Kier molecular flexibility index (Phi) is 57.0. The summed E-state index contributed by atoms with van der Waals surface area (Å²) in [5.74, 6) is 0.0336. The molecule has 7 atom stereocenters. The van der Waals surface area contributed by atoms with Crippen LogP contribution in [0.1, 0.15) is 312 Å². The molecular formula is C68H128O17P2. The zero-order valence-electron chi connectivity index (χ0n) is 56.0. The van der Waals surface area contributed by atoms with Gasteiger partial charge in [0.1, 0.15) is 19.3 Å². The maximum atomic E-state index is 13.0. The van der Waals surface area contributed by atoms with E-state index in [1.165, 1.54) is 103 Å². The minimum Gasteiger partial charge on any atom is -0.462 e. The maximum absolute atomic E-state index is 13.0. The lowest BCUT2D eigenvalue weighted by molar-refractivity contribution is -0.161. The molecule has 0 aliphatic carbocycles. The standard InChI is InChI=1S/C68H128O17P2/c1-8-11-12-13-14-15-16-17-18-19-20-21-28-37-44-51-67(72)84-63(55-78-65(70)49-42-35-27-23-22-26-33-40-47-60(6)9-2)57-82-86(74,75)80-53-62(69)54-81-87(76,77)83-58-64(85-68(73)52-45-38-29-24-25-32-39-46-59(4)5)56-79-66(71)50-43-36-31-30-34-41-48-61(7)10-3/h15-18,59-64,69H,8-14,19-58H2,1-7H3,(H,74,75)(H,76,77)/b16-15-,18-17-/t60?,61?,62-,63-,64-/m1/s1. The Morgan fingerprint density at radius 2 is 0.678 bits per heavy atom. The number of ether oxygens (including phenoxy) is 4. The van der Waals surface area contributed by atoms with E-state index in [2.05, 4.69) is 72.8 Å². The molecule has 17 nitrogen and oxygen atoms in total. The van der Waals surface area contributed by atoms with E-state index in [4.69, 9.17) is 37.0 Å². The Labute approximate surface area is 529 Å². The van der Waals surface area contributed by atoms with Crippen LogP contribution in [0.2, 0.25) is 0 Å². The molecule has 0 aromatic rings. The fourth-order valence-electron chi connectivity index (χ4n) is 9.58. The van der Waals surface area contributed by atoms with Crippen molar-refractivity contribution in [3.8, 4) is 0 Å². The normalized spacial score (nSPS) is 15.1. The van der Waals surface area contributed by atoms with E-state index in [0.717, 1.165) is 121 Å². The van der Waals surface area contributed by atoms with Crippen LogP contribution in [0.4, 0.5) is 0 Å². The number of rotatable bonds is 64. The van der Waals surface area contributed by atoms with Crippen LogP contribution in [-0.2, 0) is 65.4 Å². The molecule has 0 radical (unpaired) electrons. The molecule has 0 amide bonds. The van der Waals surface area contributed by atoms with Crippen LogP contribution in [-0.4, -0.2) is 96.7 Å². The van der Waals surface area contributed by atoms with Crippen molar-refractivity contribution in [3.63, 3.8) is 0 Å². The first kappa shape index (κ1) is 84.5. The number of hydrogen-bond acceptors (Lipinski definition) is 15. The van der Waals surface area contributed by atoms with Gasteiger partial charge in [0.2, 0.25) is 0 Å². The van der Waals surface area contributed by atoms with Gasteiger partial charge in [-0.3, -0.25) is 37.3 Å². The van der Waals surface area contributed by atoms with E-state index in [9.17, 15) is 43.2 Å². The summed E-state index contributed by atoms with van der Waals surface area (Å²) in [7, 11) is -9.91. The number of hydrogen-bond donors (Lipinski definition) is 3. The number of phosphoric ester groups is 2. The largest absolute Gasteiger partial charge is 0.472 e. The second-order valence-corrected chi connectivity index (χ2v) is 27.7. The van der Waals surface area contributed by atoms with E-state index in [1.807, 2.05) is 0 Å². The summed E-state index contributed by atoms with van der Waals surface area (Å²) in [5.41, 5.74) is 0. The van der Waals surface area contributed by atoms with Gasteiger partial charge < -0.3 is 33.8 Å². The highest BCUT2D eigenvalue weighted by Gasteiger charge is 2.30. The summed E-state index contributed by atoms with van der Waals surface area (Å²) in [6.45, 7) is 11.7. The molecular weight excluding hydrogens is 1150 g/mol. The van der Waals surface area contributed by atoms with E-state index in [1.54, 1.807) is 0 Å². The average molecular weight is 1280 g/mol. The molecule has 0 saturated heterocycles. The number of phosphoric acid groups is 2. The number of aliphatic hydroxyl groups is 1. The molecule has 0 aromatic carbocycles. The smallest absolute Gasteiger partial charge is 0.462 e. The molecule has 0 rings (SSSR count). The second kappa shape index (κ2) is 58.6. The average Bonchev–Trinajstić information content (AvgIpc) is 3.53. The molecule has 87 heavy (non-hydrogen) atoms.